The Morgan fingerprint density at radius 2 is 1.48 bits per heavy atom. The quantitative estimate of drug-likeness (QED) is 0.225. The summed E-state index contributed by atoms with van der Waals surface area (Å²) in [4.78, 5) is 3.89. The van der Waals surface area contributed by atoms with Crippen LogP contribution in [-0.2, 0) is 5.60 Å². The minimum Gasteiger partial charge on any atom is -0.369 e. The molecule has 0 aliphatic rings. The maximum Gasteiger partial charge on any atom is 0.431 e. The van der Waals surface area contributed by atoms with Crippen LogP contribution < -0.4 is 10.00 Å². The molecule has 5 nitrogen and oxygen atoms in total. The largest absolute Gasteiger partial charge is 0.431 e. The molecule has 0 bridgehead atoms. The first-order chi connectivity index (χ1) is 15.3. The highest BCUT2D eigenvalue weighted by molar-refractivity contribution is 6.07. The Bertz CT molecular complexity index is 1140. The normalized spacial score (nSPS) is 13.3. The van der Waals surface area contributed by atoms with Crippen molar-refractivity contribution in [1.82, 2.24) is 5.10 Å². The molecule has 3 rings (SSSR count). The third kappa shape index (κ3) is 4.30. The number of H-pyrrole nitrogens is 1. The van der Waals surface area contributed by atoms with Gasteiger partial charge in [0.15, 0.2) is 5.69 Å². The van der Waals surface area contributed by atoms with Gasteiger partial charge in [0.05, 0.1) is 5.69 Å². The second-order valence-corrected chi connectivity index (χ2v) is 7.04. The summed E-state index contributed by atoms with van der Waals surface area (Å²) in [6, 6.07) is 12.1. The molecule has 12 heteroatoms. The molecule has 0 unspecified atom stereocenters. The highest BCUT2D eigenvalue weighted by atomic mass is 19.4. The lowest BCUT2D eigenvalue weighted by Gasteiger charge is -2.31. The SMILES string of the molecule is CN=C(Nc1c(C(O)(C(F)(F)F)C(F)(F)F)c(C)[nH][n+]1-c1ccccc1)c1ccc(F)cc1. The van der Waals surface area contributed by atoms with Gasteiger partial charge in [0.2, 0.25) is 5.84 Å². The second kappa shape index (κ2) is 8.50. The number of aryl methyl sites for hydroxylation is 1. The van der Waals surface area contributed by atoms with E-state index < -0.39 is 40.8 Å². The summed E-state index contributed by atoms with van der Waals surface area (Å²) in [7, 11) is 1.25. The highest BCUT2D eigenvalue weighted by Crippen LogP contribution is 2.52. The summed E-state index contributed by atoms with van der Waals surface area (Å²) in [6.07, 6.45) is -12.2. The maximum atomic E-state index is 13.8. The topological polar surface area (TPSA) is 64.3 Å². The Morgan fingerprint density at radius 1 is 0.939 bits per heavy atom. The Morgan fingerprint density at radius 3 is 1.97 bits per heavy atom. The zero-order chi connectivity index (χ0) is 24.6. The van der Waals surface area contributed by atoms with Crippen molar-refractivity contribution in [2.24, 2.45) is 4.99 Å². The first-order valence-electron chi connectivity index (χ1n) is 9.37. The molecule has 176 valence electrons. The molecule has 0 amide bonds. The molecule has 0 radical (unpaired) electrons. The van der Waals surface area contributed by atoms with Gasteiger partial charge >= 0.3 is 18.2 Å². The zero-order valence-electron chi connectivity index (χ0n) is 17.2. The molecule has 0 fully saturated rings. The van der Waals surface area contributed by atoms with Gasteiger partial charge < -0.3 is 5.11 Å². The molecular weight excluding hydrogens is 457 g/mol. The fraction of sp³-hybridized carbons (Fsp3) is 0.238. The van der Waals surface area contributed by atoms with E-state index in [-0.39, 0.29) is 17.1 Å². The number of aromatic amines is 1. The predicted octanol–water partition coefficient (Wildman–Crippen LogP) is 4.54. The van der Waals surface area contributed by atoms with Crippen LogP contribution in [0.25, 0.3) is 5.69 Å². The van der Waals surface area contributed by atoms with Crippen molar-refractivity contribution in [3.8, 4) is 5.69 Å². The average Bonchev–Trinajstić information content (AvgIpc) is 3.07. The minimum atomic E-state index is -6.11. The first-order valence-corrected chi connectivity index (χ1v) is 9.37. The van der Waals surface area contributed by atoms with Gasteiger partial charge in [-0.2, -0.15) is 26.3 Å². The molecule has 0 spiro atoms. The van der Waals surface area contributed by atoms with Crippen molar-refractivity contribution in [3.05, 3.63) is 77.2 Å². The maximum absolute atomic E-state index is 13.8. The van der Waals surface area contributed by atoms with E-state index in [4.69, 9.17) is 0 Å². The van der Waals surface area contributed by atoms with Crippen LogP contribution in [0.1, 0.15) is 16.8 Å². The number of hydrogen-bond donors (Lipinski definition) is 3. The van der Waals surface area contributed by atoms with Crippen molar-refractivity contribution in [1.29, 1.82) is 0 Å². The van der Waals surface area contributed by atoms with Crippen LogP contribution in [0.5, 0.6) is 0 Å². The molecule has 1 heterocycles. The molecule has 2 aromatic carbocycles. The number of aliphatic hydroxyl groups is 1. The summed E-state index contributed by atoms with van der Waals surface area (Å²) < 4.78 is 96.7. The number of aliphatic imine (C=N–C) groups is 1. The van der Waals surface area contributed by atoms with Crippen molar-refractivity contribution < 1.29 is 40.5 Å². The number of anilines is 1. The lowest BCUT2D eigenvalue weighted by molar-refractivity contribution is -0.642. The van der Waals surface area contributed by atoms with Gasteiger partial charge in [0.25, 0.3) is 5.60 Å². The Balaban J connectivity index is 2.31. The number of nitrogens with zero attached hydrogens (tertiary/aromatic N) is 2. The molecule has 0 saturated heterocycles. The number of nitrogens with one attached hydrogen (secondary N) is 2. The van der Waals surface area contributed by atoms with Gasteiger partial charge in [0, 0.05) is 12.6 Å². The van der Waals surface area contributed by atoms with E-state index in [9.17, 15) is 35.8 Å². The van der Waals surface area contributed by atoms with Crippen molar-refractivity contribution >= 4 is 11.7 Å². The van der Waals surface area contributed by atoms with Crippen LogP contribution in [0.3, 0.4) is 0 Å². The fourth-order valence-electron chi connectivity index (χ4n) is 3.32. The van der Waals surface area contributed by atoms with Crippen LogP contribution in [0.2, 0.25) is 0 Å². The fourth-order valence-corrected chi connectivity index (χ4v) is 3.32. The van der Waals surface area contributed by atoms with Gasteiger partial charge in [-0.25, -0.2) is 14.8 Å². The minimum absolute atomic E-state index is 0.161. The molecule has 1 aromatic heterocycles. The number of halogens is 7. The van der Waals surface area contributed by atoms with Crippen LogP contribution >= 0.6 is 0 Å². The summed E-state index contributed by atoms with van der Waals surface area (Å²) in [5, 5.41) is 15.1. The summed E-state index contributed by atoms with van der Waals surface area (Å²) in [5.74, 6) is -1.51. The van der Waals surface area contributed by atoms with Crippen molar-refractivity contribution in [3.63, 3.8) is 0 Å². The Kier molecular flexibility index (Phi) is 6.25. The summed E-state index contributed by atoms with van der Waals surface area (Å²) >= 11 is 0. The molecule has 33 heavy (non-hydrogen) atoms. The molecule has 0 saturated carbocycles. The highest BCUT2D eigenvalue weighted by Gasteiger charge is 2.74. The van der Waals surface area contributed by atoms with E-state index >= 15 is 0 Å². The first kappa shape index (κ1) is 24.2. The van der Waals surface area contributed by atoms with E-state index in [0.29, 0.717) is 0 Å². The van der Waals surface area contributed by atoms with Crippen molar-refractivity contribution in [2.75, 3.05) is 12.4 Å². The van der Waals surface area contributed by atoms with Crippen LogP contribution in [0.4, 0.5) is 36.6 Å². The summed E-state index contributed by atoms with van der Waals surface area (Å²) in [6.45, 7) is 0.975. The molecular formula is C21H18F7N4O+. The third-order valence-corrected chi connectivity index (χ3v) is 4.89. The van der Waals surface area contributed by atoms with E-state index in [1.54, 1.807) is 6.07 Å². The standard InChI is InChI=1S/C21H17F7N4O/c1-12-16(19(33,20(23,24)25)21(26,27)28)18(32(31-12)15-6-4-3-5-7-15)30-17(29-2)13-8-10-14(22)11-9-13/h3-11,33H,1-2H3,(H,29,30,31)/p+1. The van der Waals surface area contributed by atoms with Gasteiger partial charge in [-0.05, 0) is 43.3 Å². The predicted molar refractivity (Wildman–Crippen MR) is 106 cm³/mol. The monoisotopic (exact) mass is 475 g/mol. The average molecular weight is 475 g/mol. The van der Waals surface area contributed by atoms with E-state index in [1.807, 2.05) is 0 Å². The number of aromatic nitrogens is 2. The van der Waals surface area contributed by atoms with Crippen LogP contribution in [0, 0.1) is 12.7 Å². The number of rotatable bonds is 4. The molecule has 3 aromatic rings. The van der Waals surface area contributed by atoms with Crippen LogP contribution in [0.15, 0.2) is 59.6 Å². The number of hydrogen-bond acceptors (Lipinski definition) is 2. The molecule has 0 aliphatic heterocycles. The second-order valence-electron chi connectivity index (χ2n) is 7.04. The van der Waals surface area contributed by atoms with Gasteiger partial charge in [-0.1, -0.05) is 18.2 Å². The Labute approximate surface area is 183 Å². The number of alkyl halides is 6. The lowest BCUT2D eigenvalue weighted by atomic mass is 9.91. The van der Waals surface area contributed by atoms with Gasteiger partial charge in [0.1, 0.15) is 11.4 Å². The Hall–Kier alpha value is -3.41. The van der Waals surface area contributed by atoms with Gasteiger partial charge in [-0.15, -0.1) is 4.68 Å². The van der Waals surface area contributed by atoms with Gasteiger partial charge in [-0.3, -0.25) is 4.99 Å². The number of para-hydroxylation sites is 1. The van der Waals surface area contributed by atoms with E-state index in [2.05, 4.69) is 15.4 Å². The van der Waals surface area contributed by atoms with E-state index in [0.717, 1.165) is 23.7 Å². The van der Waals surface area contributed by atoms with Crippen molar-refractivity contribution in [2.45, 2.75) is 24.9 Å². The molecule has 0 atom stereocenters. The molecule has 3 N–H and O–H groups in total. The molecule has 0 aliphatic carbocycles. The smallest absolute Gasteiger partial charge is 0.369 e. The summed E-state index contributed by atoms with van der Waals surface area (Å²) in [5.41, 5.74) is -6.91. The number of benzene rings is 2. The third-order valence-electron chi connectivity index (χ3n) is 4.89. The van der Waals surface area contributed by atoms with E-state index in [1.165, 1.54) is 43.4 Å². The van der Waals surface area contributed by atoms with Crippen LogP contribution in [-0.4, -0.2) is 35.4 Å². The number of amidine groups is 1. The lowest BCUT2D eigenvalue weighted by Crippen LogP contribution is -2.55. The zero-order valence-corrected chi connectivity index (χ0v) is 17.2.